The lowest BCUT2D eigenvalue weighted by Gasteiger charge is -2.21. The maximum Gasteiger partial charge on any atom is 0.326 e. The van der Waals surface area contributed by atoms with Crippen molar-refractivity contribution in [3.8, 4) is 5.75 Å². The summed E-state index contributed by atoms with van der Waals surface area (Å²) in [6.07, 6.45) is 0. The van der Waals surface area contributed by atoms with Gasteiger partial charge >= 0.3 is 12.0 Å². The molecule has 3 rings (SSSR count). The normalized spacial score (nSPS) is 18.7. The predicted octanol–water partition coefficient (Wildman–Crippen LogP) is 2.38. The molecule has 0 unspecified atom stereocenters. The van der Waals surface area contributed by atoms with E-state index in [1.807, 2.05) is 37.3 Å². The zero-order valence-corrected chi connectivity index (χ0v) is 15.8. The minimum absolute atomic E-state index is 0.0206. The monoisotopic (exact) mass is 382 g/mol. The fourth-order valence-corrected chi connectivity index (χ4v) is 3.01. The molecule has 7 heteroatoms. The Morgan fingerprint density at radius 1 is 1.04 bits per heavy atom. The number of carbonyl (C=O) groups excluding carboxylic acids is 3. The number of para-hydroxylation sites is 1. The largest absolute Gasteiger partial charge is 0.490 e. The highest BCUT2D eigenvalue weighted by atomic mass is 16.6. The average molecular weight is 382 g/mol. The van der Waals surface area contributed by atoms with Crippen LogP contribution < -0.4 is 10.1 Å². The number of urea groups is 1. The van der Waals surface area contributed by atoms with Crippen LogP contribution in [0.25, 0.3) is 0 Å². The topological polar surface area (TPSA) is 84.9 Å². The number of hydrogen-bond donors (Lipinski definition) is 1. The maximum absolute atomic E-state index is 12.7. The number of imide groups is 1. The summed E-state index contributed by atoms with van der Waals surface area (Å²) in [6, 6.07) is 15.8. The van der Waals surface area contributed by atoms with E-state index in [4.69, 9.17) is 9.47 Å². The number of nitrogens with one attached hydrogen (secondary N) is 1. The van der Waals surface area contributed by atoms with Crippen molar-refractivity contribution in [2.24, 2.45) is 0 Å². The number of rotatable bonds is 7. The van der Waals surface area contributed by atoms with E-state index in [-0.39, 0.29) is 13.2 Å². The van der Waals surface area contributed by atoms with Crippen molar-refractivity contribution in [3.63, 3.8) is 0 Å². The second kappa shape index (κ2) is 8.12. The first-order chi connectivity index (χ1) is 13.4. The van der Waals surface area contributed by atoms with E-state index in [1.165, 1.54) is 0 Å². The van der Waals surface area contributed by atoms with Crippen LogP contribution in [0.3, 0.4) is 0 Å². The minimum atomic E-state index is -1.20. The van der Waals surface area contributed by atoms with Gasteiger partial charge in [0.2, 0.25) is 0 Å². The van der Waals surface area contributed by atoms with Gasteiger partial charge in [-0.15, -0.1) is 0 Å². The zero-order chi connectivity index (χ0) is 20.1. The van der Waals surface area contributed by atoms with E-state index >= 15 is 0 Å². The third-order valence-corrected chi connectivity index (χ3v) is 4.61. The van der Waals surface area contributed by atoms with Crippen LogP contribution in [-0.2, 0) is 19.9 Å². The molecule has 2 aromatic rings. The maximum atomic E-state index is 12.7. The Balaban J connectivity index is 1.52. The van der Waals surface area contributed by atoms with Gasteiger partial charge < -0.3 is 14.8 Å². The molecule has 2 aromatic carbocycles. The third-order valence-electron chi connectivity index (χ3n) is 4.61. The Morgan fingerprint density at radius 2 is 1.71 bits per heavy atom. The lowest BCUT2D eigenvalue weighted by molar-refractivity contribution is -0.148. The summed E-state index contributed by atoms with van der Waals surface area (Å²) in [4.78, 5) is 37.9. The van der Waals surface area contributed by atoms with Crippen LogP contribution in [0.5, 0.6) is 5.75 Å². The predicted molar refractivity (Wildman–Crippen MR) is 102 cm³/mol. The molecule has 1 fully saturated rings. The number of ether oxygens (including phenoxy) is 2. The molecule has 146 valence electrons. The molecule has 1 saturated heterocycles. The third kappa shape index (κ3) is 3.98. The van der Waals surface area contributed by atoms with E-state index in [0.717, 1.165) is 10.5 Å². The van der Waals surface area contributed by atoms with Crippen molar-refractivity contribution >= 4 is 17.9 Å². The van der Waals surface area contributed by atoms with Crippen LogP contribution in [0.4, 0.5) is 4.79 Å². The first kappa shape index (κ1) is 19.4. The quantitative estimate of drug-likeness (QED) is 0.452. The van der Waals surface area contributed by atoms with Crippen molar-refractivity contribution in [2.45, 2.75) is 19.4 Å². The molecule has 0 aromatic heterocycles. The molecule has 1 atom stereocenters. The fraction of sp³-hybridized carbons (Fsp3) is 0.286. The van der Waals surface area contributed by atoms with Crippen LogP contribution in [-0.4, -0.2) is 42.6 Å². The van der Waals surface area contributed by atoms with Crippen LogP contribution >= 0.6 is 0 Å². The summed E-state index contributed by atoms with van der Waals surface area (Å²) in [5, 5.41) is 2.65. The van der Waals surface area contributed by atoms with Crippen LogP contribution in [0.15, 0.2) is 54.6 Å². The fourth-order valence-electron chi connectivity index (χ4n) is 3.01. The molecule has 0 radical (unpaired) electrons. The summed E-state index contributed by atoms with van der Waals surface area (Å²) in [7, 11) is 0. The molecule has 1 heterocycles. The molecule has 1 N–H and O–H groups in total. The molecule has 7 nitrogen and oxygen atoms in total. The summed E-state index contributed by atoms with van der Waals surface area (Å²) < 4.78 is 10.7. The summed E-state index contributed by atoms with van der Waals surface area (Å²) in [6.45, 7) is 3.29. The number of hydrogen-bond acceptors (Lipinski definition) is 5. The summed E-state index contributed by atoms with van der Waals surface area (Å²) in [5.74, 6) is -0.447. The number of benzene rings is 2. The Kier molecular flexibility index (Phi) is 5.63. The van der Waals surface area contributed by atoms with Crippen molar-refractivity contribution < 1.29 is 23.9 Å². The number of nitrogens with zero attached hydrogens (tertiary/aromatic N) is 1. The van der Waals surface area contributed by atoms with Gasteiger partial charge in [-0.1, -0.05) is 48.5 Å². The number of esters is 1. The summed E-state index contributed by atoms with van der Waals surface area (Å²) >= 11 is 0. The molecule has 1 aliphatic heterocycles. The molecule has 28 heavy (non-hydrogen) atoms. The molecule has 3 amide bonds. The van der Waals surface area contributed by atoms with Gasteiger partial charge in [-0.2, -0.15) is 0 Å². The van der Waals surface area contributed by atoms with E-state index in [9.17, 15) is 14.4 Å². The Morgan fingerprint density at radius 3 is 2.43 bits per heavy atom. The van der Waals surface area contributed by atoms with Gasteiger partial charge in [0, 0.05) is 0 Å². The van der Waals surface area contributed by atoms with Gasteiger partial charge in [0.25, 0.3) is 5.91 Å². The highest BCUT2D eigenvalue weighted by molar-refractivity contribution is 6.08. The second-order valence-corrected chi connectivity index (χ2v) is 6.65. The summed E-state index contributed by atoms with van der Waals surface area (Å²) in [5.41, 5.74) is 0.427. The van der Waals surface area contributed by atoms with E-state index in [2.05, 4.69) is 5.32 Å². The standard InChI is InChI=1S/C21H22N2O5/c1-15-8-6-7-11-17(15)27-12-13-28-18(24)14-23-19(25)21(2,22-20(23)26)16-9-4-3-5-10-16/h3-11H,12-14H2,1-2H3,(H,22,26)/t21-/m0/s1. The number of aryl methyl sites for hydroxylation is 1. The second-order valence-electron chi connectivity index (χ2n) is 6.65. The molecular formula is C21H22N2O5. The first-order valence-corrected chi connectivity index (χ1v) is 8.95. The van der Waals surface area contributed by atoms with Crippen LogP contribution in [0.1, 0.15) is 18.1 Å². The molecule has 1 aliphatic rings. The van der Waals surface area contributed by atoms with Gasteiger partial charge in [0.05, 0.1) is 0 Å². The van der Waals surface area contributed by atoms with E-state index in [1.54, 1.807) is 31.2 Å². The van der Waals surface area contributed by atoms with Crippen LogP contribution in [0, 0.1) is 6.92 Å². The van der Waals surface area contributed by atoms with Crippen molar-refractivity contribution in [1.82, 2.24) is 10.2 Å². The van der Waals surface area contributed by atoms with Crippen molar-refractivity contribution in [2.75, 3.05) is 19.8 Å². The molecule has 0 bridgehead atoms. The highest BCUT2D eigenvalue weighted by Gasteiger charge is 2.49. The number of carbonyl (C=O) groups is 3. The Hall–Kier alpha value is -3.35. The van der Waals surface area contributed by atoms with Crippen molar-refractivity contribution in [1.29, 1.82) is 0 Å². The Bertz CT molecular complexity index is 883. The zero-order valence-electron chi connectivity index (χ0n) is 15.8. The van der Waals surface area contributed by atoms with Crippen molar-refractivity contribution in [3.05, 3.63) is 65.7 Å². The molecule has 0 saturated carbocycles. The Labute approximate surface area is 163 Å². The molecule has 0 aliphatic carbocycles. The lowest BCUT2D eigenvalue weighted by atomic mass is 9.92. The van der Waals surface area contributed by atoms with Crippen LogP contribution in [0.2, 0.25) is 0 Å². The SMILES string of the molecule is Cc1ccccc1OCCOC(=O)CN1C(=O)N[C@@](C)(c2ccccc2)C1=O. The van der Waals surface area contributed by atoms with Gasteiger partial charge in [-0.3, -0.25) is 14.5 Å². The lowest BCUT2D eigenvalue weighted by Crippen LogP contribution is -2.41. The smallest absolute Gasteiger partial charge is 0.326 e. The van der Waals surface area contributed by atoms with Gasteiger partial charge in [0.1, 0.15) is 31.0 Å². The van der Waals surface area contributed by atoms with E-state index < -0.39 is 30.0 Å². The average Bonchev–Trinajstić information content (AvgIpc) is 2.91. The highest BCUT2D eigenvalue weighted by Crippen LogP contribution is 2.28. The van der Waals surface area contributed by atoms with Gasteiger partial charge in [-0.05, 0) is 31.0 Å². The van der Waals surface area contributed by atoms with Gasteiger partial charge in [0.15, 0.2) is 0 Å². The number of amides is 3. The first-order valence-electron chi connectivity index (χ1n) is 8.95. The van der Waals surface area contributed by atoms with E-state index in [0.29, 0.717) is 11.3 Å². The minimum Gasteiger partial charge on any atom is -0.490 e. The van der Waals surface area contributed by atoms with Gasteiger partial charge in [-0.25, -0.2) is 4.79 Å². The molecular weight excluding hydrogens is 360 g/mol. The molecule has 0 spiro atoms.